The van der Waals surface area contributed by atoms with Gasteiger partial charge in [-0.1, -0.05) is 59.7 Å². The van der Waals surface area contributed by atoms with Gasteiger partial charge in [0.25, 0.3) is 0 Å². The van der Waals surface area contributed by atoms with Crippen LogP contribution in [0.15, 0.2) is 18.2 Å². The van der Waals surface area contributed by atoms with Crippen molar-refractivity contribution >= 4 is 0 Å². The van der Waals surface area contributed by atoms with Crippen LogP contribution < -0.4 is 0 Å². The first-order valence-electron chi connectivity index (χ1n) is 7.33. The Hall–Kier alpha value is -0.780. The predicted molar refractivity (Wildman–Crippen MR) is 80.3 cm³/mol. The van der Waals surface area contributed by atoms with Crippen LogP contribution in [-0.4, -0.2) is 0 Å². The van der Waals surface area contributed by atoms with Gasteiger partial charge in [0, 0.05) is 0 Å². The van der Waals surface area contributed by atoms with Gasteiger partial charge in [0.2, 0.25) is 0 Å². The van der Waals surface area contributed by atoms with Gasteiger partial charge < -0.3 is 0 Å². The molecule has 2 rings (SSSR count). The molecule has 0 fully saturated rings. The average Bonchev–Trinajstić information content (AvgIpc) is 2.25. The quantitative estimate of drug-likeness (QED) is 0.569. The van der Waals surface area contributed by atoms with E-state index in [1.165, 1.54) is 24.8 Å². The molecule has 0 saturated carbocycles. The third-order valence-corrected chi connectivity index (χ3v) is 4.37. The highest BCUT2D eigenvalue weighted by Gasteiger charge is 2.30. The summed E-state index contributed by atoms with van der Waals surface area (Å²) in [6.07, 6.45) is 3.97. The van der Waals surface area contributed by atoms with Crippen molar-refractivity contribution < 1.29 is 0 Å². The molecule has 0 heteroatoms. The van der Waals surface area contributed by atoms with Gasteiger partial charge in [-0.05, 0) is 52.7 Å². The second-order valence-electron chi connectivity index (χ2n) is 7.97. The fraction of sp³-hybridized carbons (Fsp3) is 0.667. The summed E-state index contributed by atoms with van der Waals surface area (Å²) in [6, 6.07) is 7.22. The molecule has 0 heterocycles. The maximum atomic E-state index is 2.47. The monoisotopic (exact) mass is 244 g/mol. The van der Waals surface area contributed by atoms with Crippen molar-refractivity contribution in [2.45, 2.75) is 72.1 Å². The van der Waals surface area contributed by atoms with Crippen LogP contribution >= 0.6 is 0 Å². The molecular weight excluding hydrogens is 216 g/mol. The van der Waals surface area contributed by atoms with Crippen LogP contribution in [0.1, 0.15) is 77.0 Å². The number of fused-ring (bicyclic) bond motifs is 1. The molecule has 0 nitrogen and oxygen atoms in total. The lowest BCUT2D eigenvalue weighted by Crippen LogP contribution is -2.23. The minimum absolute atomic E-state index is 0.268. The number of aryl methyl sites for hydroxylation is 1. The van der Waals surface area contributed by atoms with Crippen molar-refractivity contribution in [3.8, 4) is 0 Å². The molecule has 0 aromatic heterocycles. The second-order valence-corrected chi connectivity index (χ2v) is 7.97. The summed E-state index contributed by atoms with van der Waals surface area (Å²) in [5, 5.41) is 0. The smallest absolute Gasteiger partial charge is 0.0110 e. The summed E-state index contributed by atoms with van der Waals surface area (Å²) < 4.78 is 0. The molecule has 0 radical (unpaired) electrons. The fourth-order valence-corrected chi connectivity index (χ4v) is 3.18. The second kappa shape index (κ2) is 4.40. The molecule has 0 N–H and O–H groups in total. The Labute approximate surface area is 113 Å². The summed E-state index contributed by atoms with van der Waals surface area (Å²) >= 11 is 0. The van der Waals surface area contributed by atoms with Crippen molar-refractivity contribution in [3.63, 3.8) is 0 Å². The standard InChI is InChI=1S/C18H28/c1-17(2,3)14-10-11-15-13(12-14)8-7-9-16(15)18(4,5)6/h10-12,16H,7-9H2,1-6H3. The number of hydrogen-bond acceptors (Lipinski definition) is 0. The Balaban J connectivity index is 2.43. The Bertz CT molecular complexity index is 426. The third-order valence-electron chi connectivity index (χ3n) is 4.37. The van der Waals surface area contributed by atoms with E-state index in [0.29, 0.717) is 5.41 Å². The van der Waals surface area contributed by atoms with Crippen LogP contribution in [0.2, 0.25) is 0 Å². The van der Waals surface area contributed by atoms with Crippen LogP contribution in [-0.2, 0) is 11.8 Å². The molecule has 1 aliphatic carbocycles. The summed E-state index contributed by atoms with van der Waals surface area (Å²) in [4.78, 5) is 0. The zero-order valence-corrected chi connectivity index (χ0v) is 12.9. The summed E-state index contributed by atoms with van der Waals surface area (Å²) in [6.45, 7) is 14.1. The zero-order valence-electron chi connectivity index (χ0n) is 12.9. The van der Waals surface area contributed by atoms with Crippen molar-refractivity contribution in [2.75, 3.05) is 0 Å². The summed E-state index contributed by atoms with van der Waals surface area (Å²) in [5.74, 6) is 0.732. The van der Waals surface area contributed by atoms with Gasteiger partial charge in [-0.15, -0.1) is 0 Å². The van der Waals surface area contributed by atoms with Crippen LogP contribution in [0.4, 0.5) is 0 Å². The minimum atomic E-state index is 0.268. The van der Waals surface area contributed by atoms with Crippen LogP contribution in [0.3, 0.4) is 0 Å². The number of benzene rings is 1. The molecule has 100 valence electrons. The summed E-state index contributed by atoms with van der Waals surface area (Å²) in [5.41, 5.74) is 5.36. The highest BCUT2D eigenvalue weighted by atomic mass is 14.4. The van der Waals surface area contributed by atoms with Crippen molar-refractivity contribution in [2.24, 2.45) is 5.41 Å². The minimum Gasteiger partial charge on any atom is -0.0596 e. The molecule has 0 amide bonds. The lowest BCUT2D eigenvalue weighted by atomic mass is 9.68. The topological polar surface area (TPSA) is 0 Å². The van der Waals surface area contributed by atoms with Crippen LogP contribution in [0.25, 0.3) is 0 Å². The van der Waals surface area contributed by atoms with Crippen molar-refractivity contribution in [1.29, 1.82) is 0 Å². The highest BCUT2D eigenvalue weighted by Crippen LogP contribution is 2.44. The molecule has 0 aliphatic heterocycles. The van der Waals surface area contributed by atoms with E-state index in [0.717, 1.165) is 5.92 Å². The molecule has 1 unspecified atom stereocenters. The Morgan fingerprint density at radius 2 is 1.67 bits per heavy atom. The van der Waals surface area contributed by atoms with Crippen LogP contribution in [0, 0.1) is 5.41 Å². The normalized spacial score (nSPS) is 20.7. The molecule has 0 saturated heterocycles. The van der Waals surface area contributed by atoms with E-state index in [4.69, 9.17) is 0 Å². The van der Waals surface area contributed by atoms with E-state index in [2.05, 4.69) is 59.7 Å². The molecule has 18 heavy (non-hydrogen) atoms. The van der Waals surface area contributed by atoms with E-state index in [1.807, 2.05) is 0 Å². The maximum absolute atomic E-state index is 2.47. The van der Waals surface area contributed by atoms with Gasteiger partial charge in [-0.25, -0.2) is 0 Å². The van der Waals surface area contributed by atoms with Gasteiger partial charge in [0.05, 0.1) is 0 Å². The molecule has 1 aromatic rings. The van der Waals surface area contributed by atoms with E-state index in [-0.39, 0.29) is 5.41 Å². The fourth-order valence-electron chi connectivity index (χ4n) is 3.18. The van der Waals surface area contributed by atoms with Crippen molar-refractivity contribution in [3.05, 3.63) is 34.9 Å². The van der Waals surface area contributed by atoms with Gasteiger partial charge in [-0.2, -0.15) is 0 Å². The van der Waals surface area contributed by atoms with Crippen LogP contribution in [0.5, 0.6) is 0 Å². The van der Waals surface area contributed by atoms with E-state index in [9.17, 15) is 0 Å². The molecular formula is C18H28. The highest BCUT2D eigenvalue weighted by molar-refractivity contribution is 5.39. The maximum Gasteiger partial charge on any atom is -0.0110 e. The van der Waals surface area contributed by atoms with Gasteiger partial charge in [-0.3, -0.25) is 0 Å². The SMILES string of the molecule is CC(C)(C)c1ccc2c(c1)CCCC2C(C)(C)C. The Morgan fingerprint density at radius 3 is 2.22 bits per heavy atom. The Morgan fingerprint density at radius 1 is 1.00 bits per heavy atom. The predicted octanol–water partition coefficient (Wildman–Crippen LogP) is 5.45. The van der Waals surface area contributed by atoms with Gasteiger partial charge in [0.15, 0.2) is 0 Å². The van der Waals surface area contributed by atoms with E-state index in [1.54, 1.807) is 11.1 Å². The molecule has 0 bridgehead atoms. The number of hydrogen-bond donors (Lipinski definition) is 0. The average molecular weight is 244 g/mol. The molecule has 1 atom stereocenters. The lowest BCUT2D eigenvalue weighted by Gasteiger charge is -2.36. The molecule has 0 spiro atoms. The first-order valence-corrected chi connectivity index (χ1v) is 7.33. The first kappa shape index (κ1) is 13.6. The zero-order chi connectivity index (χ0) is 13.6. The van der Waals surface area contributed by atoms with Gasteiger partial charge >= 0.3 is 0 Å². The summed E-state index contributed by atoms with van der Waals surface area (Å²) in [7, 11) is 0. The number of rotatable bonds is 0. The molecule has 1 aliphatic rings. The molecule has 1 aromatic carbocycles. The Kier molecular flexibility index (Phi) is 3.34. The van der Waals surface area contributed by atoms with E-state index < -0.39 is 0 Å². The van der Waals surface area contributed by atoms with Crippen molar-refractivity contribution in [1.82, 2.24) is 0 Å². The lowest BCUT2D eigenvalue weighted by molar-refractivity contribution is 0.289. The largest absolute Gasteiger partial charge is 0.0596 e. The third kappa shape index (κ3) is 2.63. The van der Waals surface area contributed by atoms with E-state index >= 15 is 0 Å². The first-order chi connectivity index (χ1) is 8.19. The van der Waals surface area contributed by atoms with Gasteiger partial charge in [0.1, 0.15) is 0 Å².